The SMILES string of the molecule is CCc1nc(SCC(=O)N2CCC[C@H](Cc3ccc(F)cc3)C2)n[nH]1. The molecule has 1 atom stereocenters. The molecular weight excluding hydrogens is 339 g/mol. The average Bonchev–Trinajstić information content (AvgIpc) is 3.10. The summed E-state index contributed by atoms with van der Waals surface area (Å²) in [7, 11) is 0. The zero-order valence-electron chi connectivity index (χ0n) is 14.4. The summed E-state index contributed by atoms with van der Waals surface area (Å²) in [6.07, 6.45) is 3.81. The largest absolute Gasteiger partial charge is 0.342 e. The highest BCUT2D eigenvalue weighted by Crippen LogP contribution is 2.22. The van der Waals surface area contributed by atoms with Gasteiger partial charge in [0.25, 0.3) is 0 Å². The first-order valence-corrected chi connectivity index (χ1v) is 9.69. The van der Waals surface area contributed by atoms with Gasteiger partial charge in [0.1, 0.15) is 11.6 Å². The zero-order chi connectivity index (χ0) is 17.6. The van der Waals surface area contributed by atoms with Gasteiger partial charge in [-0.3, -0.25) is 9.89 Å². The summed E-state index contributed by atoms with van der Waals surface area (Å²) in [5.74, 6) is 1.57. The lowest BCUT2D eigenvalue weighted by Crippen LogP contribution is -2.41. The van der Waals surface area contributed by atoms with E-state index in [0.717, 1.165) is 50.2 Å². The number of rotatable bonds is 6. The van der Waals surface area contributed by atoms with Gasteiger partial charge in [-0.05, 0) is 42.9 Å². The summed E-state index contributed by atoms with van der Waals surface area (Å²) < 4.78 is 13.0. The maximum absolute atomic E-state index is 13.0. The molecule has 1 aromatic carbocycles. The number of hydrogen-bond acceptors (Lipinski definition) is 4. The molecular formula is C18H23FN4OS. The highest BCUT2D eigenvalue weighted by atomic mass is 32.2. The first kappa shape index (κ1) is 17.9. The number of piperidine rings is 1. The number of nitrogens with zero attached hydrogens (tertiary/aromatic N) is 3. The smallest absolute Gasteiger partial charge is 0.233 e. The summed E-state index contributed by atoms with van der Waals surface area (Å²) in [5, 5.41) is 7.60. The number of benzene rings is 1. The van der Waals surface area contributed by atoms with E-state index in [0.29, 0.717) is 16.8 Å². The fourth-order valence-corrected chi connectivity index (χ4v) is 3.85. The molecule has 1 fully saturated rings. The highest BCUT2D eigenvalue weighted by molar-refractivity contribution is 7.99. The number of nitrogens with one attached hydrogen (secondary N) is 1. The number of thioether (sulfide) groups is 1. The molecule has 2 aromatic rings. The number of likely N-dealkylation sites (tertiary alicyclic amines) is 1. The Labute approximate surface area is 151 Å². The lowest BCUT2D eigenvalue weighted by molar-refractivity contribution is -0.130. The molecule has 0 unspecified atom stereocenters. The van der Waals surface area contributed by atoms with Crippen LogP contribution in [-0.4, -0.2) is 44.8 Å². The van der Waals surface area contributed by atoms with Crippen molar-refractivity contribution in [1.82, 2.24) is 20.1 Å². The van der Waals surface area contributed by atoms with Crippen LogP contribution in [0.25, 0.3) is 0 Å². The Morgan fingerprint density at radius 3 is 2.92 bits per heavy atom. The number of aryl methyl sites for hydroxylation is 1. The minimum Gasteiger partial charge on any atom is -0.342 e. The highest BCUT2D eigenvalue weighted by Gasteiger charge is 2.24. The summed E-state index contributed by atoms with van der Waals surface area (Å²) in [6, 6.07) is 6.67. The van der Waals surface area contributed by atoms with E-state index < -0.39 is 0 Å². The van der Waals surface area contributed by atoms with Crippen LogP contribution in [-0.2, 0) is 17.6 Å². The molecule has 1 N–H and O–H groups in total. The van der Waals surface area contributed by atoms with Crippen LogP contribution in [0.4, 0.5) is 4.39 Å². The molecule has 5 nitrogen and oxygen atoms in total. The molecule has 0 radical (unpaired) electrons. The van der Waals surface area contributed by atoms with E-state index in [-0.39, 0.29) is 11.7 Å². The molecule has 0 aliphatic carbocycles. The summed E-state index contributed by atoms with van der Waals surface area (Å²) in [6.45, 7) is 3.59. The van der Waals surface area contributed by atoms with Crippen molar-refractivity contribution in [2.24, 2.45) is 5.92 Å². The van der Waals surface area contributed by atoms with Gasteiger partial charge < -0.3 is 4.90 Å². The Morgan fingerprint density at radius 2 is 2.20 bits per heavy atom. The van der Waals surface area contributed by atoms with Crippen molar-refractivity contribution >= 4 is 17.7 Å². The maximum Gasteiger partial charge on any atom is 0.233 e. The molecule has 25 heavy (non-hydrogen) atoms. The lowest BCUT2D eigenvalue weighted by atomic mass is 9.91. The summed E-state index contributed by atoms with van der Waals surface area (Å²) in [5.41, 5.74) is 1.13. The van der Waals surface area contributed by atoms with Crippen molar-refractivity contribution in [1.29, 1.82) is 0 Å². The molecule has 7 heteroatoms. The number of amides is 1. The van der Waals surface area contributed by atoms with E-state index >= 15 is 0 Å². The number of aromatic amines is 1. The molecule has 0 spiro atoms. The van der Waals surface area contributed by atoms with Gasteiger partial charge in [0.2, 0.25) is 11.1 Å². The lowest BCUT2D eigenvalue weighted by Gasteiger charge is -2.32. The van der Waals surface area contributed by atoms with E-state index in [4.69, 9.17) is 0 Å². The average molecular weight is 362 g/mol. The second-order valence-corrected chi connectivity index (χ2v) is 7.33. The Bertz CT molecular complexity index is 703. The van der Waals surface area contributed by atoms with Gasteiger partial charge >= 0.3 is 0 Å². The van der Waals surface area contributed by atoms with Gasteiger partial charge in [0, 0.05) is 19.5 Å². The second-order valence-electron chi connectivity index (χ2n) is 6.39. The quantitative estimate of drug-likeness (QED) is 0.802. The molecule has 1 aromatic heterocycles. The molecule has 3 rings (SSSR count). The second kappa shape index (κ2) is 8.47. The number of aromatic nitrogens is 3. The number of carbonyl (C=O) groups is 1. The standard InChI is InChI=1S/C18H23FN4OS/c1-2-16-20-18(22-21-16)25-12-17(24)23-9-3-4-14(11-23)10-13-5-7-15(19)8-6-13/h5-8,14H,2-4,9-12H2,1H3,(H,20,21,22)/t14-/m1/s1. The fourth-order valence-electron chi connectivity index (χ4n) is 3.13. The first-order chi connectivity index (χ1) is 12.1. The molecule has 1 amide bonds. The normalized spacial score (nSPS) is 17.7. The van der Waals surface area contributed by atoms with Gasteiger partial charge in [-0.1, -0.05) is 30.8 Å². The zero-order valence-corrected chi connectivity index (χ0v) is 15.2. The van der Waals surface area contributed by atoms with Crippen molar-refractivity contribution in [3.05, 3.63) is 41.5 Å². The molecule has 1 aliphatic rings. The van der Waals surface area contributed by atoms with Crippen molar-refractivity contribution in [2.45, 2.75) is 37.8 Å². The first-order valence-electron chi connectivity index (χ1n) is 8.70. The number of carbonyl (C=O) groups excluding carboxylic acids is 1. The monoisotopic (exact) mass is 362 g/mol. The van der Waals surface area contributed by atoms with Crippen LogP contribution in [0, 0.1) is 11.7 Å². The van der Waals surface area contributed by atoms with Crippen molar-refractivity contribution in [3.8, 4) is 0 Å². The summed E-state index contributed by atoms with van der Waals surface area (Å²) in [4.78, 5) is 18.7. The van der Waals surface area contributed by atoms with Crippen LogP contribution >= 0.6 is 11.8 Å². The van der Waals surface area contributed by atoms with Crippen LogP contribution < -0.4 is 0 Å². The van der Waals surface area contributed by atoms with Gasteiger partial charge in [-0.2, -0.15) is 0 Å². The number of H-pyrrole nitrogens is 1. The topological polar surface area (TPSA) is 61.9 Å². The van der Waals surface area contributed by atoms with E-state index in [1.807, 2.05) is 24.0 Å². The predicted octanol–water partition coefficient (Wildman–Crippen LogP) is 3.08. The van der Waals surface area contributed by atoms with Crippen LogP contribution in [0.15, 0.2) is 29.4 Å². The van der Waals surface area contributed by atoms with Gasteiger partial charge in [-0.15, -0.1) is 5.10 Å². The van der Waals surface area contributed by atoms with Crippen LogP contribution in [0.5, 0.6) is 0 Å². The third kappa shape index (κ3) is 5.04. The number of hydrogen-bond donors (Lipinski definition) is 1. The van der Waals surface area contributed by atoms with Gasteiger partial charge in [0.15, 0.2) is 0 Å². The molecule has 134 valence electrons. The minimum absolute atomic E-state index is 0.136. The van der Waals surface area contributed by atoms with Crippen molar-refractivity contribution in [3.63, 3.8) is 0 Å². The maximum atomic E-state index is 13.0. The van der Waals surface area contributed by atoms with Crippen LogP contribution in [0.1, 0.15) is 31.2 Å². The van der Waals surface area contributed by atoms with E-state index in [1.54, 1.807) is 0 Å². The summed E-state index contributed by atoms with van der Waals surface area (Å²) >= 11 is 1.38. The van der Waals surface area contributed by atoms with Gasteiger partial charge in [-0.25, -0.2) is 9.37 Å². The van der Waals surface area contributed by atoms with Crippen LogP contribution in [0.2, 0.25) is 0 Å². The number of halogens is 1. The molecule has 1 aliphatic heterocycles. The van der Waals surface area contributed by atoms with Crippen LogP contribution in [0.3, 0.4) is 0 Å². The minimum atomic E-state index is -0.209. The van der Waals surface area contributed by atoms with Gasteiger partial charge in [0.05, 0.1) is 5.75 Å². The Hall–Kier alpha value is -1.89. The Morgan fingerprint density at radius 1 is 1.40 bits per heavy atom. The Balaban J connectivity index is 1.49. The van der Waals surface area contributed by atoms with E-state index in [1.165, 1.54) is 23.9 Å². The van der Waals surface area contributed by atoms with Crippen molar-refractivity contribution in [2.75, 3.05) is 18.8 Å². The molecule has 0 saturated carbocycles. The third-order valence-electron chi connectivity index (χ3n) is 4.48. The predicted molar refractivity (Wildman–Crippen MR) is 95.9 cm³/mol. The van der Waals surface area contributed by atoms with E-state index in [9.17, 15) is 9.18 Å². The van der Waals surface area contributed by atoms with E-state index in [2.05, 4.69) is 15.2 Å². The molecule has 1 saturated heterocycles. The Kier molecular flexibility index (Phi) is 6.07. The third-order valence-corrected chi connectivity index (χ3v) is 5.31. The molecule has 2 heterocycles. The molecule has 0 bridgehead atoms. The fraction of sp³-hybridized carbons (Fsp3) is 0.500. The van der Waals surface area contributed by atoms with Crippen molar-refractivity contribution < 1.29 is 9.18 Å².